The summed E-state index contributed by atoms with van der Waals surface area (Å²) in [5.41, 5.74) is 8.48. The van der Waals surface area contributed by atoms with E-state index < -0.39 is 0 Å². The van der Waals surface area contributed by atoms with Crippen molar-refractivity contribution in [2.75, 3.05) is 6.54 Å². The van der Waals surface area contributed by atoms with Crippen LogP contribution in [0.25, 0.3) is 11.1 Å². The smallest absolute Gasteiger partial charge is 0.192 e. The highest BCUT2D eigenvalue weighted by atomic mass is 79.9. The van der Waals surface area contributed by atoms with Gasteiger partial charge in [-0.2, -0.15) is 0 Å². The molecule has 0 saturated carbocycles. The molecule has 80 valence electrons. The van der Waals surface area contributed by atoms with Crippen molar-refractivity contribution in [3.63, 3.8) is 0 Å². The van der Waals surface area contributed by atoms with Gasteiger partial charge in [-0.3, -0.25) is 0 Å². The van der Waals surface area contributed by atoms with E-state index >= 15 is 0 Å². The number of fused-ring (bicyclic) bond motifs is 1. The van der Waals surface area contributed by atoms with E-state index in [9.17, 15) is 0 Å². The molecule has 0 spiro atoms. The molecule has 0 atom stereocenters. The Labute approximate surface area is 96.8 Å². The lowest BCUT2D eigenvalue weighted by atomic mass is 10.1. The van der Waals surface area contributed by atoms with Crippen molar-refractivity contribution in [1.29, 1.82) is 0 Å². The van der Waals surface area contributed by atoms with Gasteiger partial charge in [0.05, 0.1) is 0 Å². The standard InChI is InChI=1S/C11H13BrN2O/c1-7-14-10-6-9(12)5-8(3-2-4-13)11(10)15-7/h5-6H,2-4,13H2,1H3. The van der Waals surface area contributed by atoms with Crippen LogP contribution in [-0.4, -0.2) is 11.5 Å². The van der Waals surface area contributed by atoms with Gasteiger partial charge in [-0.1, -0.05) is 15.9 Å². The minimum atomic E-state index is 0.696. The van der Waals surface area contributed by atoms with Gasteiger partial charge in [-0.15, -0.1) is 0 Å². The van der Waals surface area contributed by atoms with Gasteiger partial charge in [0.25, 0.3) is 0 Å². The van der Waals surface area contributed by atoms with E-state index in [1.165, 1.54) is 5.56 Å². The molecule has 4 heteroatoms. The number of aromatic nitrogens is 1. The molecule has 0 bridgehead atoms. The predicted molar refractivity (Wildman–Crippen MR) is 63.8 cm³/mol. The molecular weight excluding hydrogens is 256 g/mol. The second kappa shape index (κ2) is 4.33. The summed E-state index contributed by atoms with van der Waals surface area (Å²) < 4.78 is 6.62. The monoisotopic (exact) mass is 268 g/mol. The average Bonchev–Trinajstić information content (AvgIpc) is 2.54. The average molecular weight is 269 g/mol. The van der Waals surface area contributed by atoms with Crippen LogP contribution in [0.5, 0.6) is 0 Å². The molecule has 0 aliphatic carbocycles. The SMILES string of the molecule is Cc1nc2cc(Br)cc(CCCN)c2o1. The zero-order valence-electron chi connectivity index (χ0n) is 8.59. The van der Waals surface area contributed by atoms with Crippen LogP contribution in [0, 0.1) is 6.92 Å². The molecule has 2 aromatic rings. The van der Waals surface area contributed by atoms with E-state index in [1.807, 2.05) is 13.0 Å². The first kappa shape index (κ1) is 10.6. The first-order valence-electron chi connectivity index (χ1n) is 4.96. The number of aryl methyl sites for hydroxylation is 2. The summed E-state index contributed by atoms with van der Waals surface area (Å²) in [4.78, 5) is 4.31. The predicted octanol–water partition coefficient (Wildman–Crippen LogP) is 2.79. The van der Waals surface area contributed by atoms with Crippen molar-refractivity contribution in [1.82, 2.24) is 4.98 Å². The number of benzene rings is 1. The van der Waals surface area contributed by atoms with Gasteiger partial charge >= 0.3 is 0 Å². The Morgan fingerprint density at radius 1 is 1.47 bits per heavy atom. The molecule has 0 unspecified atom stereocenters. The summed E-state index contributed by atoms with van der Waals surface area (Å²) in [5, 5.41) is 0. The molecule has 3 nitrogen and oxygen atoms in total. The summed E-state index contributed by atoms with van der Waals surface area (Å²) >= 11 is 3.47. The molecule has 0 radical (unpaired) electrons. The second-order valence-electron chi connectivity index (χ2n) is 3.54. The maximum absolute atomic E-state index is 5.58. The molecule has 0 saturated heterocycles. The maximum atomic E-state index is 5.58. The Hall–Kier alpha value is -0.870. The minimum Gasteiger partial charge on any atom is -0.441 e. The van der Waals surface area contributed by atoms with Gasteiger partial charge in [0, 0.05) is 11.4 Å². The highest BCUT2D eigenvalue weighted by Crippen LogP contribution is 2.25. The van der Waals surface area contributed by atoms with Crippen molar-refractivity contribution < 1.29 is 4.42 Å². The zero-order chi connectivity index (χ0) is 10.8. The van der Waals surface area contributed by atoms with Gasteiger partial charge in [0.2, 0.25) is 0 Å². The second-order valence-corrected chi connectivity index (χ2v) is 4.45. The maximum Gasteiger partial charge on any atom is 0.192 e. The fourth-order valence-corrected chi connectivity index (χ4v) is 2.15. The molecule has 0 fully saturated rings. The summed E-state index contributed by atoms with van der Waals surface area (Å²) in [5.74, 6) is 0.706. The first-order chi connectivity index (χ1) is 7.20. The van der Waals surface area contributed by atoms with E-state index in [0.717, 1.165) is 28.4 Å². The molecule has 1 aromatic heterocycles. The zero-order valence-corrected chi connectivity index (χ0v) is 10.2. The van der Waals surface area contributed by atoms with Gasteiger partial charge in [0.1, 0.15) is 5.52 Å². The molecule has 1 aromatic carbocycles. The summed E-state index contributed by atoms with van der Waals surface area (Å²) in [6, 6.07) is 4.04. The molecule has 2 N–H and O–H groups in total. The molecule has 0 aliphatic rings. The minimum absolute atomic E-state index is 0.696. The number of halogens is 1. The lowest BCUT2D eigenvalue weighted by molar-refractivity contribution is 0.557. The third-order valence-electron chi connectivity index (χ3n) is 2.29. The van der Waals surface area contributed by atoms with Crippen LogP contribution in [0.2, 0.25) is 0 Å². The molecule has 1 heterocycles. The van der Waals surface area contributed by atoms with Crippen LogP contribution in [0.1, 0.15) is 17.9 Å². The van der Waals surface area contributed by atoms with Crippen molar-refractivity contribution in [2.24, 2.45) is 5.73 Å². The largest absolute Gasteiger partial charge is 0.441 e. The molecule has 15 heavy (non-hydrogen) atoms. The van der Waals surface area contributed by atoms with E-state index in [0.29, 0.717) is 12.4 Å². The number of oxazole rings is 1. The number of hydrogen-bond acceptors (Lipinski definition) is 3. The van der Waals surface area contributed by atoms with E-state index in [2.05, 4.69) is 27.0 Å². The van der Waals surface area contributed by atoms with Gasteiger partial charge in [-0.25, -0.2) is 4.98 Å². The Morgan fingerprint density at radius 3 is 3.00 bits per heavy atom. The van der Waals surface area contributed by atoms with Gasteiger partial charge in [0.15, 0.2) is 11.5 Å². The Morgan fingerprint density at radius 2 is 2.27 bits per heavy atom. The van der Waals surface area contributed by atoms with Crippen molar-refractivity contribution in [2.45, 2.75) is 19.8 Å². The van der Waals surface area contributed by atoms with Gasteiger partial charge in [-0.05, 0) is 37.1 Å². The number of rotatable bonds is 3. The Bertz CT molecular complexity index is 479. The third kappa shape index (κ3) is 2.21. The number of hydrogen-bond donors (Lipinski definition) is 1. The van der Waals surface area contributed by atoms with Crippen LogP contribution in [0.3, 0.4) is 0 Å². The third-order valence-corrected chi connectivity index (χ3v) is 2.75. The lowest BCUT2D eigenvalue weighted by Gasteiger charge is -2.01. The van der Waals surface area contributed by atoms with Crippen molar-refractivity contribution in [3.8, 4) is 0 Å². The van der Waals surface area contributed by atoms with Crippen molar-refractivity contribution in [3.05, 3.63) is 28.1 Å². The number of nitrogens with zero attached hydrogens (tertiary/aromatic N) is 1. The van der Waals surface area contributed by atoms with E-state index in [1.54, 1.807) is 0 Å². The molecule has 2 rings (SSSR count). The molecule has 0 aliphatic heterocycles. The molecular formula is C11H13BrN2O. The van der Waals surface area contributed by atoms with Crippen LogP contribution in [0.15, 0.2) is 21.0 Å². The van der Waals surface area contributed by atoms with E-state index in [4.69, 9.17) is 10.2 Å². The Balaban J connectivity index is 2.50. The summed E-state index contributed by atoms with van der Waals surface area (Å²) in [6.45, 7) is 2.56. The highest BCUT2D eigenvalue weighted by molar-refractivity contribution is 9.10. The van der Waals surface area contributed by atoms with Crippen LogP contribution in [-0.2, 0) is 6.42 Å². The van der Waals surface area contributed by atoms with E-state index in [-0.39, 0.29) is 0 Å². The fourth-order valence-electron chi connectivity index (χ4n) is 1.65. The number of nitrogens with two attached hydrogens (primary N) is 1. The van der Waals surface area contributed by atoms with Crippen molar-refractivity contribution >= 4 is 27.0 Å². The van der Waals surface area contributed by atoms with Crippen LogP contribution >= 0.6 is 15.9 Å². The molecule has 0 amide bonds. The quantitative estimate of drug-likeness (QED) is 0.932. The summed E-state index contributed by atoms with van der Waals surface area (Å²) in [6.07, 6.45) is 1.90. The fraction of sp³-hybridized carbons (Fsp3) is 0.364. The Kier molecular flexibility index (Phi) is 3.07. The van der Waals surface area contributed by atoms with Crippen LogP contribution < -0.4 is 5.73 Å². The normalized spacial score (nSPS) is 11.1. The summed E-state index contributed by atoms with van der Waals surface area (Å²) in [7, 11) is 0. The topological polar surface area (TPSA) is 52.0 Å². The first-order valence-corrected chi connectivity index (χ1v) is 5.75. The lowest BCUT2D eigenvalue weighted by Crippen LogP contribution is -2.00. The highest BCUT2D eigenvalue weighted by Gasteiger charge is 2.08. The van der Waals surface area contributed by atoms with Gasteiger partial charge < -0.3 is 10.2 Å². The van der Waals surface area contributed by atoms with Crippen LogP contribution in [0.4, 0.5) is 0 Å².